The number of rotatable bonds is 7. The maximum atomic E-state index is 13.2. The molecular formula is C19H26FN5. The molecule has 0 radical (unpaired) electrons. The van der Waals surface area contributed by atoms with E-state index in [1.54, 1.807) is 6.20 Å². The Hall–Kier alpha value is -2.47. The Morgan fingerprint density at radius 2 is 1.92 bits per heavy atom. The van der Waals surface area contributed by atoms with Gasteiger partial charge in [0.15, 0.2) is 5.96 Å². The van der Waals surface area contributed by atoms with E-state index in [9.17, 15) is 4.39 Å². The lowest BCUT2D eigenvalue weighted by Gasteiger charge is -2.26. The zero-order valence-corrected chi connectivity index (χ0v) is 15.0. The second-order valence-corrected chi connectivity index (χ2v) is 5.93. The van der Waals surface area contributed by atoms with Gasteiger partial charge in [-0.25, -0.2) is 9.38 Å². The van der Waals surface area contributed by atoms with E-state index in [1.807, 2.05) is 51.4 Å². The van der Waals surface area contributed by atoms with E-state index in [0.717, 1.165) is 23.8 Å². The fourth-order valence-corrected chi connectivity index (χ4v) is 2.47. The van der Waals surface area contributed by atoms with Crippen LogP contribution in [0.1, 0.15) is 24.2 Å². The molecule has 5 nitrogen and oxygen atoms in total. The van der Waals surface area contributed by atoms with Gasteiger partial charge in [0.1, 0.15) is 5.82 Å². The Balaban J connectivity index is 2.03. The van der Waals surface area contributed by atoms with Gasteiger partial charge in [0.2, 0.25) is 0 Å². The number of likely N-dealkylation sites (N-methyl/N-ethyl adjacent to an activating group) is 1. The van der Waals surface area contributed by atoms with Gasteiger partial charge in [0, 0.05) is 19.3 Å². The van der Waals surface area contributed by atoms with Gasteiger partial charge < -0.3 is 15.5 Å². The van der Waals surface area contributed by atoms with E-state index in [-0.39, 0.29) is 11.9 Å². The molecule has 1 aromatic carbocycles. The van der Waals surface area contributed by atoms with Crippen molar-refractivity contribution in [2.45, 2.75) is 19.5 Å². The predicted molar refractivity (Wildman–Crippen MR) is 99.9 cm³/mol. The van der Waals surface area contributed by atoms with Crippen molar-refractivity contribution in [1.29, 1.82) is 0 Å². The molecule has 0 aliphatic rings. The highest BCUT2D eigenvalue weighted by Crippen LogP contribution is 2.17. The molecule has 0 amide bonds. The zero-order chi connectivity index (χ0) is 18.1. The standard InChI is InChI=1S/C19H26FN5/c1-4-21-19(23-13-17-7-5-6-12-22-17)24-14-18(25(2)3)15-8-10-16(20)11-9-15/h5-12,18H,4,13-14H2,1-3H3,(H2,21,23,24). The maximum absolute atomic E-state index is 13.2. The Labute approximate surface area is 149 Å². The van der Waals surface area contributed by atoms with E-state index >= 15 is 0 Å². The van der Waals surface area contributed by atoms with Crippen LogP contribution in [-0.4, -0.2) is 43.0 Å². The van der Waals surface area contributed by atoms with Crippen LogP contribution in [0.25, 0.3) is 0 Å². The van der Waals surface area contributed by atoms with Gasteiger partial charge in [-0.1, -0.05) is 18.2 Å². The molecule has 1 heterocycles. The molecule has 25 heavy (non-hydrogen) atoms. The normalized spacial score (nSPS) is 12.9. The van der Waals surface area contributed by atoms with Crippen molar-refractivity contribution in [3.63, 3.8) is 0 Å². The molecule has 1 aromatic heterocycles. The third-order valence-corrected chi connectivity index (χ3v) is 3.81. The molecule has 2 rings (SSSR count). The van der Waals surface area contributed by atoms with Gasteiger partial charge in [-0.05, 0) is 50.8 Å². The minimum absolute atomic E-state index is 0.110. The Morgan fingerprint density at radius 3 is 2.52 bits per heavy atom. The van der Waals surface area contributed by atoms with Gasteiger partial charge in [-0.2, -0.15) is 0 Å². The second kappa shape index (κ2) is 9.74. The molecule has 0 saturated heterocycles. The molecule has 0 aliphatic carbocycles. The molecule has 6 heteroatoms. The third kappa shape index (κ3) is 6.15. The summed E-state index contributed by atoms with van der Waals surface area (Å²) in [5.74, 6) is 0.515. The van der Waals surface area contributed by atoms with Gasteiger partial charge in [0.05, 0.1) is 18.3 Å². The summed E-state index contributed by atoms with van der Waals surface area (Å²) >= 11 is 0. The summed E-state index contributed by atoms with van der Waals surface area (Å²) in [6, 6.07) is 12.5. The van der Waals surface area contributed by atoms with Crippen LogP contribution in [0, 0.1) is 5.82 Å². The molecule has 2 N–H and O–H groups in total. The topological polar surface area (TPSA) is 52.6 Å². The Morgan fingerprint density at radius 1 is 1.16 bits per heavy atom. The molecule has 0 bridgehead atoms. The lowest BCUT2D eigenvalue weighted by atomic mass is 10.1. The molecule has 1 unspecified atom stereocenters. The van der Waals surface area contributed by atoms with E-state index in [0.29, 0.717) is 13.1 Å². The van der Waals surface area contributed by atoms with Crippen molar-refractivity contribution in [2.24, 2.45) is 4.99 Å². The molecule has 0 saturated carbocycles. The van der Waals surface area contributed by atoms with Crippen molar-refractivity contribution < 1.29 is 4.39 Å². The fourth-order valence-electron chi connectivity index (χ4n) is 2.47. The molecule has 0 fully saturated rings. The van der Waals surface area contributed by atoms with Crippen LogP contribution >= 0.6 is 0 Å². The van der Waals surface area contributed by atoms with Crippen molar-refractivity contribution >= 4 is 5.96 Å². The zero-order valence-electron chi connectivity index (χ0n) is 15.0. The van der Waals surface area contributed by atoms with Gasteiger partial charge >= 0.3 is 0 Å². The van der Waals surface area contributed by atoms with Crippen LogP contribution in [0.4, 0.5) is 4.39 Å². The third-order valence-electron chi connectivity index (χ3n) is 3.81. The average molecular weight is 343 g/mol. The van der Waals surface area contributed by atoms with E-state index in [4.69, 9.17) is 0 Å². The van der Waals surface area contributed by atoms with Gasteiger partial charge in [-0.15, -0.1) is 0 Å². The predicted octanol–water partition coefficient (Wildman–Crippen LogP) is 2.58. The van der Waals surface area contributed by atoms with Crippen molar-refractivity contribution in [2.75, 3.05) is 27.2 Å². The molecule has 2 aromatic rings. The highest BCUT2D eigenvalue weighted by atomic mass is 19.1. The van der Waals surface area contributed by atoms with Gasteiger partial charge in [-0.3, -0.25) is 4.98 Å². The minimum atomic E-state index is -0.223. The lowest BCUT2D eigenvalue weighted by molar-refractivity contribution is 0.298. The fraction of sp³-hybridized carbons (Fsp3) is 0.368. The highest BCUT2D eigenvalue weighted by molar-refractivity contribution is 5.79. The van der Waals surface area contributed by atoms with E-state index in [2.05, 4.69) is 25.5 Å². The van der Waals surface area contributed by atoms with Gasteiger partial charge in [0.25, 0.3) is 0 Å². The molecule has 134 valence electrons. The van der Waals surface area contributed by atoms with Crippen LogP contribution in [-0.2, 0) is 6.54 Å². The molecule has 0 spiro atoms. The quantitative estimate of drug-likeness (QED) is 0.599. The highest BCUT2D eigenvalue weighted by Gasteiger charge is 2.14. The number of aliphatic imine (C=N–C) groups is 1. The van der Waals surface area contributed by atoms with E-state index in [1.165, 1.54) is 12.1 Å². The summed E-state index contributed by atoms with van der Waals surface area (Å²) in [5, 5.41) is 6.60. The largest absolute Gasteiger partial charge is 0.357 e. The second-order valence-electron chi connectivity index (χ2n) is 5.93. The van der Waals surface area contributed by atoms with Crippen LogP contribution in [0.5, 0.6) is 0 Å². The number of halogens is 1. The first-order valence-corrected chi connectivity index (χ1v) is 8.44. The first-order chi connectivity index (χ1) is 12.1. The number of nitrogens with one attached hydrogen (secondary N) is 2. The van der Waals surface area contributed by atoms with Crippen LogP contribution in [0.15, 0.2) is 53.7 Å². The van der Waals surface area contributed by atoms with Crippen LogP contribution in [0.3, 0.4) is 0 Å². The Bertz CT molecular complexity index is 655. The lowest BCUT2D eigenvalue weighted by Crippen LogP contribution is -2.41. The summed E-state index contributed by atoms with van der Waals surface area (Å²) in [5.41, 5.74) is 1.97. The first-order valence-electron chi connectivity index (χ1n) is 8.44. The Kier molecular flexibility index (Phi) is 7.35. The monoisotopic (exact) mass is 343 g/mol. The number of hydrogen-bond donors (Lipinski definition) is 2. The van der Waals surface area contributed by atoms with Crippen LogP contribution < -0.4 is 10.6 Å². The van der Waals surface area contributed by atoms with E-state index < -0.39 is 0 Å². The molecular weight excluding hydrogens is 317 g/mol. The number of hydrogen-bond acceptors (Lipinski definition) is 3. The summed E-state index contributed by atoms with van der Waals surface area (Å²) in [6.45, 7) is 3.98. The van der Waals surface area contributed by atoms with Crippen molar-refractivity contribution in [3.8, 4) is 0 Å². The number of benzene rings is 1. The summed E-state index contributed by atoms with van der Waals surface area (Å²) in [4.78, 5) is 11.0. The summed E-state index contributed by atoms with van der Waals surface area (Å²) in [7, 11) is 4.02. The number of aromatic nitrogens is 1. The smallest absolute Gasteiger partial charge is 0.191 e. The van der Waals surface area contributed by atoms with Crippen molar-refractivity contribution in [3.05, 3.63) is 65.7 Å². The maximum Gasteiger partial charge on any atom is 0.191 e. The number of nitrogens with zero attached hydrogens (tertiary/aromatic N) is 3. The SMILES string of the molecule is CCNC(=NCc1ccccn1)NCC(c1ccc(F)cc1)N(C)C. The average Bonchev–Trinajstić information content (AvgIpc) is 2.62. The summed E-state index contributed by atoms with van der Waals surface area (Å²) in [6.07, 6.45) is 1.77. The number of guanidine groups is 1. The molecule has 0 aliphatic heterocycles. The first kappa shape index (κ1) is 18.9. The molecule has 1 atom stereocenters. The van der Waals surface area contributed by atoms with Crippen LogP contribution in [0.2, 0.25) is 0 Å². The summed E-state index contributed by atoms with van der Waals surface area (Å²) < 4.78 is 13.2. The number of pyridine rings is 1. The van der Waals surface area contributed by atoms with Crippen molar-refractivity contribution in [1.82, 2.24) is 20.5 Å². The minimum Gasteiger partial charge on any atom is -0.357 e.